The van der Waals surface area contributed by atoms with Crippen LogP contribution in [0.1, 0.15) is 22.3 Å². The smallest absolute Gasteiger partial charge is 0.165 e. The average Bonchev–Trinajstić information content (AvgIpc) is 2.32. The van der Waals surface area contributed by atoms with Gasteiger partial charge in [-0.15, -0.1) is 0 Å². The van der Waals surface area contributed by atoms with Crippen molar-refractivity contribution in [2.24, 2.45) is 0 Å². The first kappa shape index (κ1) is 6.80. The maximum absolute atomic E-state index is 11.1. The first-order chi connectivity index (χ1) is 5.27. The third-order valence-electron chi connectivity index (χ3n) is 1.88. The van der Waals surface area contributed by atoms with Crippen molar-refractivity contribution in [2.75, 3.05) is 0 Å². The second kappa shape index (κ2) is 2.31. The fourth-order valence-electron chi connectivity index (χ4n) is 1.31. The molecule has 2 nitrogen and oxygen atoms in total. The number of carbonyl (C=O) groups is 1. The second-order valence-electron chi connectivity index (χ2n) is 2.59. The van der Waals surface area contributed by atoms with Crippen molar-refractivity contribution in [3.8, 4) is 0 Å². The third kappa shape index (κ3) is 1.03. The van der Waals surface area contributed by atoms with Crippen LogP contribution in [0.15, 0.2) is 12.3 Å². The predicted octanol–water partition coefficient (Wildman–Crippen LogP) is 1.86. The van der Waals surface area contributed by atoms with Gasteiger partial charge in [0.25, 0.3) is 0 Å². The first-order valence-corrected chi connectivity index (χ1v) is 3.83. The van der Waals surface area contributed by atoms with Gasteiger partial charge in [0.15, 0.2) is 5.78 Å². The molecule has 0 aromatic carbocycles. The molecule has 1 aliphatic rings. The SMILES string of the molecule is O=C1CCc2cc(Cl)ncc21. The fraction of sp³-hybridized carbons (Fsp3) is 0.250. The largest absolute Gasteiger partial charge is 0.294 e. The number of aryl methyl sites for hydroxylation is 1. The fourth-order valence-corrected chi connectivity index (χ4v) is 1.49. The Kier molecular flexibility index (Phi) is 1.43. The summed E-state index contributed by atoms with van der Waals surface area (Å²) in [6.45, 7) is 0. The van der Waals surface area contributed by atoms with Gasteiger partial charge in [-0.3, -0.25) is 4.79 Å². The number of hydrogen-bond donors (Lipinski definition) is 0. The highest BCUT2D eigenvalue weighted by Gasteiger charge is 2.19. The summed E-state index contributed by atoms with van der Waals surface area (Å²) in [5.74, 6) is 0.184. The van der Waals surface area contributed by atoms with Crippen molar-refractivity contribution < 1.29 is 4.79 Å². The topological polar surface area (TPSA) is 30.0 Å². The standard InChI is InChI=1S/C8H6ClNO/c9-8-3-5-1-2-7(11)6(5)4-10-8/h3-4H,1-2H2. The molecule has 3 heteroatoms. The number of rotatable bonds is 0. The predicted molar refractivity (Wildman–Crippen MR) is 41.9 cm³/mol. The van der Waals surface area contributed by atoms with E-state index >= 15 is 0 Å². The lowest BCUT2D eigenvalue weighted by molar-refractivity contribution is 0.0994. The number of halogens is 1. The van der Waals surface area contributed by atoms with Crippen molar-refractivity contribution in [2.45, 2.75) is 12.8 Å². The van der Waals surface area contributed by atoms with Crippen molar-refractivity contribution in [3.05, 3.63) is 28.5 Å². The quantitative estimate of drug-likeness (QED) is 0.552. The Balaban J connectivity index is 2.59. The number of hydrogen-bond acceptors (Lipinski definition) is 2. The molecule has 0 bridgehead atoms. The number of fused-ring (bicyclic) bond motifs is 1. The van der Waals surface area contributed by atoms with Crippen LogP contribution in [0.2, 0.25) is 5.15 Å². The van der Waals surface area contributed by atoms with Gasteiger partial charge < -0.3 is 0 Å². The Morgan fingerprint density at radius 2 is 2.27 bits per heavy atom. The highest BCUT2D eigenvalue weighted by molar-refractivity contribution is 6.29. The van der Waals surface area contributed by atoms with Crippen molar-refractivity contribution in [1.82, 2.24) is 4.98 Å². The molecule has 1 aliphatic carbocycles. The van der Waals surface area contributed by atoms with Crippen LogP contribution in [-0.4, -0.2) is 10.8 Å². The molecule has 0 spiro atoms. The van der Waals surface area contributed by atoms with Crippen LogP contribution in [0, 0.1) is 0 Å². The number of aromatic nitrogens is 1. The minimum atomic E-state index is 0.184. The second-order valence-corrected chi connectivity index (χ2v) is 2.97. The van der Waals surface area contributed by atoms with Gasteiger partial charge in [0.05, 0.1) is 0 Å². The van der Waals surface area contributed by atoms with E-state index in [2.05, 4.69) is 4.98 Å². The normalized spacial score (nSPS) is 15.2. The van der Waals surface area contributed by atoms with E-state index in [9.17, 15) is 4.79 Å². The van der Waals surface area contributed by atoms with Gasteiger partial charge in [-0.25, -0.2) is 4.98 Å². The zero-order chi connectivity index (χ0) is 7.84. The van der Waals surface area contributed by atoms with E-state index in [1.807, 2.05) is 0 Å². The molecule has 56 valence electrons. The molecule has 0 aliphatic heterocycles. The van der Waals surface area contributed by atoms with E-state index in [-0.39, 0.29) is 5.78 Å². The summed E-state index contributed by atoms with van der Waals surface area (Å²) >= 11 is 5.65. The van der Waals surface area contributed by atoms with Crippen molar-refractivity contribution in [3.63, 3.8) is 0 Å². The zero-order valence-electron chi connectivity index (χ0n) is 5.80. The van der Waals surface area contributed by atoms with Crippen LogP contribution < -0.4 is 0 Å². The Labute approximate surface area is 69.2 Å². The molecule has 1 aromatic heterocycles. The molecule has 0 atom stereocenters. The molecule has 0 radical (unpaired) electrons. The van der Waals surface area contributed by atoms with Gasteiger partial charge >= 0.3 is 0 Å². The number of Topliss-reactive ketones (excluding diaryl/α,β-unsaturated/α-hetero) is 1. The maximum atomic E-state index is 11.1. The summed E-state index contributed by atoms with van der Waals surface area (Å²) in [6.07, 6.45) is 2.99. The molecule has 0 N–H and O–H groups in total. The molecule has 2 rings (SSSR count). The summed E-state index contributed by atoms with van der Waals surface area (Å²) in [7, 11) is 0. The Bertz CT molecular complexity index is 322. The molecular weight excluding hydrogens is 162 g/mol. The van der Waals surface area contributed by atoms with Crippen LogP contribution >= 0.6 is 11.6 Å². The van der Waals surface area contributed by atoms with Gasteiger partial charge in [-0.05, 0) is 18.1 Å². The summed E-state index contributed by atoms with van der Waals surface area (Å²) < 4.78 is 0. The Hall–Kier alpha value is -0.890. The van der Waals surface area contributed by atoms with Crippen LogP contribution in [0.4, 0.5) is 0 Å². The first-order valence-electron chi connectivity index (χ1n) is 3.45. The third-order valence-corrected chi connectivity index (χ3v) is 2.08. The van der Waals surface area contributed by atoms with Crippen molar-refractivity contribution in [1.29, 1.82) is 0 Å². The minimum absolute atomic E-state index is 0.184. The lowest BCUT2D eigenvalue weighted by Gasteiger charge is -1.94. The summed E-state index contributed by atoms with van der Waals surface area (Å²) in [4.78, 5) is 14.9. The summed E-state index contributed by atoms with van der Waals surface area (Å²) in [6, 6.07) is 1.77. The number of pyridine rings is 1. The minimum Gasteiger partial charge on any atom is -0.294 e. The molecule has 1 aromatic rings. The van der Waals surface area contributed by atoms with Crippen LogP contribution in [-0.2, 0) is 6.42 Å². The Morgan fingerprint density at radius 3 is 3.09 bits per heavy atom. The lowest BCUT2D eigenvalue weighted by Crippen LogP contribution is -1.91. The maximum Gasteiger partial charge on any atom is 0.165 e. The molecule has 11 heavy (non-hydrogen) atoms. The van der Waals surface area contributed by atoms with E-state index in [0.29, 0.717) is 11.6 Å². The van der Waals surface area contributed by atoms with E-state index in [0.717, 1.165) is 17.5 Å². The lowest BCUT2D eigenvalue weighted by atomic mass is 10.2. The summed E-state index contributed by atoms with van der Waals surface area (Å²) in [5.41, 5.74) is 1.78. The molecule has 1 heterocycles. The summed E-state index contributed by atoms with van der Waals surface area (Å²) in [5, 5.41) is 0.471. The highest BCUT2D eigenvalue weighted by atomic mass is 35.5. The number of carbonyl (C=O) groups excluding carboxylic acids is 1. The number of ketones is 1. The Morgan fingerprint density at radius 1 is 1.45 bits per heavy atom. The van der Waals surface area contributed by atoms with Gasteiger partial charge in [-0.1, -0.05) is 11.6 Å². The number of nitrogens with zero attached hydrogens (tertiary/aromatic N) is 1. The highest BCUT2D eigenvalue weighted by Crippen LogP contribution is 2.22. The van der Waals surface area contributed by atoms with E-state index < -0.39 is 0 Å². The van der Waals surface area contributed by atoms with Crippen LogP contribution in [0.25, 0.3) is 0 Å². The molecule has 0 unspecified atom stereocenters. The van der Waals surface area contributed by atoms with Gasteiger partial charge in [0.2, 0.25) is 0 Å². The van der Waals surface area contributed by atoms with Gasteiger partial charge in [-0.2, -0.15) is 0 Å². The van der Waals surface area contributed by atoms with Gasteiger partial charge in [0.1, 0.15) is 5.15 Å². The molecule has 0 saturated carbocycles. The zero-order valence-corrected chi connectivity index (χ0v) is 6.56. The van der Waals surface area contributed by atoms with Crippen molar-refractivity contribution >= 4 is 17.4 Å². The molecule has 0 fully saturated rings. The molecule has 0 amide bonds. The monoisotopic (exact) mass is 167 g/mol. The average molecular weight is 168 g/mol. The van der Waals surface area contributed by atoms with Crippen LogP contribution in [0.5, 0.6) is 0 Å². The van der Waals surface area contributed by atoms with E-state index in [1.165, 1.54) is 0 Å². The van der Waals surface area contributed by atoms with Gasteiger partial charge in [0, 0.05) is 18.2 Å². The van der Waals surface area contributed by atoms with E-state index in [1.54, 1.807) is 12.3 Å². The van der Waals surface area contributed by atoms with E-state index in [4.69, 9.17) is 11.6 Å². The van der Waals surface area contributed by atoms with Crippen LogP contribution in [0.3, 0.4) is 0 Å². The molecular formula is C8H6ClNO. The molecule has 0 saturated heterocycles.